The summed E-state index contributed by atoms with van der Waals surface area (Å²) in [5.74, 6) is 0.163. The Labute approximate surface area is 109 Å². The molecular formula is C12H15F3N4. The summed E-state index contributed by atoms with van der Waals surface area (Å²) in [6.45, 7) is 5.61. The number of halogens is 3. The van der Waals surface area contributed by atoms with Gasteiger partial charge in [-0.2, -0.15) is 23.5 Å². The van der Waals surface area contributed by atoms with E-state index in [1.807, 2.05) is 26.8 Å². The molecule has 0 aromatic carbocycles. The predicted octanol–water partition coefficient (Wildman–Crippen LogP) is 3.09. The van der Waals surface area contributed by atoms with E-state index in [9.17, 15) is 13.2 Å². The molecule has 1 aliphatic heterocycles. The van der Waals surface area contributed by atoms with Crippen molar-refractivity contribution in [2.24, 2.45) is 5.41 Å². The summed E-state index contributed by atoms with van der Waals surface area (Å²) in [6, 6.07) is -0.185. The van der Waals surface area contributed by atoms with Gasteiger partial charge in [0.05, 0.1) is 6.20 Å². The second-order valence-corrected chi connectivity index (χ2v) is 5.82. The molecule has 1 aliphatic rings. The van der Waals surface area contributed by atoms with E-state index in [4.69, 9.17) is 5.26 Å². The fraction of sp³-hybridized carbons (Fsp3) is 0.667. The van der Waals surface area contributed by atoms with Gasteiger partial charge in [-0.15, -0.1) is 0 Å². The van der Waals surface area contributed by atoms with Crippen molar-refractivity contribution >= 4 is 5.82 Å². The van der Waals surface area contributed by atoms with Crippen LogP contribution in [-0.2, 0) is 0 Å². The summed E-state index contributed by atoms with van der Waals surface area (Å²) < 4.78 is 40.2. The number of anilines is 1. The van der Waals surface area contributed by atoms with Crippen molar-refractivity contribution in [3.8, 4) is 6.07 Å². The Kier molecular flexibility index (Phi) is 3.00. The Balaban J connectivity index is 2.49. The van der Waals surface area contributed by atoms with Crippen molar-refractivity contribution in [1.29, 1.82) is 5.26 Å². The van der Waals surface area contributed by atoms with E-state index in [2.05, 4.69) is 10.4 Å². The van der Waals surface area contributed by atoms with Gasteiger partial charge in [-0.3, -0.25) is 0 Å². The average molecular weight is 272 g/mol. The van der Waals surface area contributed by atoms with Crippen LogP contribution in [0.1, 0.15) is 38.8 Å². The molecule has 1 aromatic rings. The summed E-state index contributed by atoms with van der Waals surface area (Å²) in [7, 11) is 0. The molecule has 4 nitrogen and oxygen atoms in total. The topological polar surface area (TPSA) is 53.6 Å². The van der Waals surface area contributed by atoms with Crippen LogP contribution in [0.4, 0.5) is 19.0 Å². The minimum Gasteiger partial charge on any atom is -0.366 e. The first-order chi connectivity index (χ1) is 8.64. The van der Waals surface area contributed by atoms with Gasteiger partial charge in [-0.1, -0.05) is 20.8 Å². The average Bonchev–Trinajstić information content (AvgIpc) is 2.67. The van der Waals surface area contributed by atoms with E-state index in [-0.39, 0.29) is 29.3 Å². The molecule has 0 saturated heterocycles. The summed E-state index contributed by atoms with van der Waals surface area (Å²) >= 11 is 0. The molecule has 2 rings (SSSR count). The fourth-order valence-corrected chi connectivity index (χ4v) is 2.21. The maximum Gasteiger partial charge on any atom is 0.410 e. The lowest BCUT2D eigenvalue weighted by atomic mass is 9.82. The van der Waals surface area contributed by atoms with Crippen LogP contribution in [0.25, 0.3) is 0 Å². The number of fused-ring (bicyclic) bond motifs is 1. The minimum atomic E-state index is -4.38. The monoisotopic (exact) mass is 272 g/mol. The van der Waals surface area contributed by atoms with E-state index >= 15 is 0 Å². The fourth-order valence-electron chi connectivity index (χ4n) is 2.21. The quantitative estimate of drug-likeness (QED) is 0.789. The number of alkyl halides is 3. The Morgan fingerprint density at radius 3 is 2.53 bits per heavy atom. The molecule has 0 saturated carbocycles. The lowest BCUT2D eigenvalue weighted by Gasteiger charge is -2.39. The molecule has 0 radical (unpaired) electrons. The number of nitriles is 1. The zero-order chi connectivity index (χ0) is 14.4. The second kappa shape index (κ2) is 4.15. The van der Waals surface area contributed by atoms with Gasteiger partial charge < -0.3 is 5.32 Å². The Bertz CT molecular complexity index is 519. The molecule has 19 heavy (non-hydrogen) atoms. The van der Waals surface area contributed by atoms with Crippen LogP contribution in [0, 0.1) is 16.7 Å². The summed E-state index contributed by atoms with van der Waals surface area (Å²) in [5, 5.41) is 15.7. The van der Waals surface area contributed by atoms with Crippen LogP contribution < -0.4 is 5.32 Å². The number of aromatic nitrogens is 2. The van der Waals surface area contributed by atoms with E-state index in [1.54, 1.807) is 0 Å². The van der Waals surface area contributed by atoms with Gasteiger partial charge in [-0.05, 0) is 11.8 Å². The molecule has 2 unspecified atom stereocenters. The van der Waals surface area contributed by atoms with Crippen molar-refractivity contribution in [3.05, 3.63) is 11.8 Å². The van der Waals surface area contributed by atoms with Gasteiger partial charge in [-0.25, -0.2) is 4.68 Å². The molecule has 2 atom stereocenters. The largest absolute Gasteiger partial charge is 0.410 e. The Hall–Kier alpha value is -1.71. The zero-order valence-corrected chi connectivity index (χ0v) is 10.9. The van der Waals surface area contributed by atoms with Crippen molar-refractivity contribution in [3.63, 3.8) is 0 Å². The molecule has 1 aromatic heterocycles. The molecule has 0 aliphatic carbocycles. The van der Waals surface area contributed by atoms with Gasteiger partial charge in [0.2, 0.25) is 0 Å². The number of nitrogens with zero attached hydrogens (tertiary/aromatic N) is 3. The van der Waals surface area contributed by atoms with Crippen molar-refractivity contribution in [1.82, 2.24) is 9.78 Å². The lowest BCUT2D eigenvalue weighted by molar-refractivity contribution is -0.175. The van der Waals surface area contributed by atoms with E-state index in [1.165, 1.54) is 6.20 Å². The van der Waals surface area contributed by atoms with Crippen LogP contribution in [-0.4, -0.2) is 22.0 Å². The molecule has 0 amide bonds. The highest BCUT2D eigenvalue weighted by molar-refractivity contribution is 5.53. The third-order valence-electron chi connectivity index (χ3n) is 3.40. The first-order valence-corrected chi connectivity index (χ1v) is 5.95. The lowest BCUT2D eigenvalue weighted by Crippen LogP contribution is -2.45. The van der Waals surface area contributed by atoms with E-state index in [0.717, 1.165) is 4.68 Å². The zero-order valence-electron chi connectivity index (χ0n) is 10.9. The number of hydrogen-bond acceptors (Lipinski definition) is 3. The van der Waals surface area contributed by atoms with Crippen molar-refractivity contribution < 1.29 is 13.2 Å². The predicted molar refractivity (Wildman–Crippen MR) is 63.5 cm³/mol. The van der Waals surface area contributed by atoms with Crippen LogP contribution in [0.2, 0.25) is 0 Å². The van der Waals surface area contributed by atoms with Crippen LogP contribution >= 0.6 is 0 Å². The highest BCUT2D eigenvalue weighted by atomic mass is 19.4. The highest BCUT2D eigenvalue weighted by Gasteiger charge is 2.48. The molecule has 2 heterocycles. The smallest absolute Gasteiger partial charge is 0.366 e. The standard InChI is InChI=1S/C12H15F3N4/c1-11(2,3)8-4-9(12(13,14)15)19-10(18-8)7(5-16)6-17-19/h6,8-9,18H,4H2,1-3H3. The van der Waals surface area contributed by atoms with E-state index < -0.39 is 12.2 Å². The molecule has 7 heteroatoms. The Morgan fingerprint density at radius 1 is 1.42 bits per heavy atom. The first-order valence-electron chi connectivity index (χ1n) is 5.95. The number of nitrogens with one attached hydrogen (secondary N) is 1. The van der Waals surface area contributed by atoms with Crippen LogP contribution in [0.3, 0.4) is 0 Å². The van der Waals surface area contributed by atoms with Gasteiger partial charge in [0.15, 0.2) is 6.04 Å². The van der Waals surface area contributed by atoms with Gasteiger partial charge in [0.1, 0.15) is 17.5 Å². The molecule has 0 spiro atoms. The van der Waals surface area contributed by atoms with Crippen LogP contribution in [0.15, 0.2) is 6.20 Å². The SMILES string of the molecule is CC(C)(C)C1CC(C(F)(F)F)n2ncc(C#N)c2N1. The third kappa shape index (κ3) is 2.39. The van der Waals surface area contributed by atoms with Gasteiger partial charge in [0, 0.05) is 6.04 Å². The second-order valence-electron chi connectivity index (χ2n) is 5.82. The number of rotatable bonds is 0. The molecule has 0 fully saturated rings. The highest BCUT2D eigenvalue weighted by Crippen LogP contribution is 2.43. The van der Waals surface area contributed by atoms with Crippen LogP contribution in [0.5, 0.6) is 0 Å². The maximum absolute atomic E-state index is 13.1. The molecular weight excluding hydrogens is 257 g/mol. The normalized spacial score (nSPS) is 23.4. The summed E-state index contributed by atoms with van der Waals surface area (Å²) in [5.41, 5.74) is -0.200. The minimum absolute atomic E-state index is 0.0907. The van der Waals surface area contributed by atoms with E-state index in [0.29, 0.717) is 0 Å². The first kappa shape index (κ1) is 13.7. The Morgan fingerprint density at radius 2 is 2.05 bits per heavy atom. The molecule has 1 N–H and O–H groups in total. The summed E-state index contributed by atoms with van der Waals surface area (Å²) in [4.78, 5) is 0. The summed E-state index contributed by atoms with van der Waals surface area (Å²) in [6.07, 6.45) is -3.29. The van der Waals surface area contributed by atoms with Crippen molar-refractivity contribution in [2.75, 3.05) is 5.32 Å². The maximum atomic E-state index is 13.1. The molecule has 0 bridgehead atoms. The molecule has 104 valence electrons. The van der Waals surface area contributed by atoms with Crippen molar-refractivity contribution in [2.45, 2.75) is 45.5 Å². The van der Waals surface area contributed by atoms with Gasteiger partial charge >= 0.3 is 6.18 Å². The number of hydrogen-bond donors (Lipinski definition) is 1. The third-order valence-corrected chi connectivity index (χ3v) is 3.40. The van der Waals surface area contributed by atoms with Gasteiger partial charge in [0.25, 0.3) is 0 Å².